The SMILES string of the molecule is CCCCCCCCCCCC(NN)c1c(Br)cnn1C. The molecular formula is C16H31BrN4. The molecule has 0 amide bonds. The highest BCUT2D eigenvalue weighted by molar-refractivity contribution is 9.10. The summed E-state index contributed by atoms with van der Waals surface area (Å²) < 4.78 is 2.92. The second kappa shape index (κ2) is 11.2. The summed E-state index contributed by atoms with van der Waals surface area (Å²) in [6.07, 6.45) is 15.0. The number of hydrazine groups is 1. The number of rotatable bonds is 12. The van der Waals surface area contributed by atoms with Crippen molar-refractivity contribution in [2.24, 2.45) is 12.9 Å². The molecule has 1 rings (SSSR count). The van der Waals surface area contributed by atoms with E-state index in [4.69, 9.17) is 5.84 Å². The molecular weight excluding hydrogens is 328 g/mol. The summed E-state index contributed by atoms with van der Waals surface area (Å²) >= 11 is 3.54. The van der Waals surface area contributed by atoms with E-state index >= 15 is 0 Å². The molecule has 0 aliphatic carbocycles. The van der Waals surface area contributed by atoms with E-state index in [0.29, 0.717) is 0 Å². The lowest BCUT2D eigenvalue weighted by Crippen LogP contribution is -2.29. The van der Waals surface area contributed by atoms with Gasteiger partial charge in [-0.25, -0.2) is 0 Å². The van der Waals surface area contributed by atoms with Crippen molar-refractivity contribution in [2.75, 3.05) is 0 Å². The predicted octanol–water partition coefficient (Wildman–Crippen LogP) is 4.61. The van der Waals surface area contributed by atoms with E-state index in [1.807, 2.05) is 17.9 Å². The Morgan fingerprint density at radius 3 is 2.19 bits per heavy atom. The van der Waals surface area contributed by atoms with Crippen molar-refractivity contribution in [2.45, 2.75) is 77.2 Å². The van der Waals surface area contributed by atoms with Gasteiger partial charge >= 0.3 is 0 Å². The summed E-state index contributed by atoms with van der Waals surface area (Å²) in [5.74, 6) is 5.70. The fraction of sp³-hybridized carbons (Fsp3) is 0.812. The molecule has 0 aromatic carbocycles. The summed E-state index contributed by atoms with van der Waals surface area (Å²) in [4.78, 5) is 0. The van der Waals surface area contributed by atoms with Crippen LogP contribution in [0.4, 0.5) is 0 Å². The van der Waals surface area contributed by atoms with E-state index in [1.165, 1.54) is 57.8 Å². The lowest BCUT2D eigenvalue weighted by atomic mass is 10.0. The number of hydrogen-bond acceptors (Lipinski definition) is 3. The lowest BCUT2D eigenvalue weighted by molar-refractivity contribution is 0.449. The van der Waals surface area contributed by atoms with Crippen LogP contribution in [0.2, 0.25) is 0 Å². The minimum atomic E-state index is 0.177. The van der Waals surface area contributed by atoms with Crippen molar-refractivity contribution >= 4 is 15.9 Å². The van der Waals surface area contributed by atoms with E-state index < -0.39 is 0 Å². The third-order valence-electron chi connectivity index (χ3n) is 4.07. The molecule has 1 atom stereocenters. The summed E-state index contributed by atoms with van der Waals surface area (Å²) in [6.45, 7) is 2.27. The molecule has 3 N–H and O–H groups in total. The van der Waals surface area contributed by atoms with Crippen LogP contribution < -0.4 is 11.3 Å². The Kier molecular flexibility index (Phi) is 9.96. The molecule has 0 bridgehead atoms. The Bertz CT molecular complexity index is 359. The highest BCUT2D eigenvalue weighted by Gasteiger charge is 2.16. The average Bonchev–Trinajstić information content (AvgIpc) is 2.81. The topological polar surface area (TPSA) is 55.9 Å². The lowest BCUT2D eigenvalue weighted by Gasteiger charge is -2.16. The monoisotopic (exact) mass is 358 g/mol. The first-order valence-electron chi connectivity index (χ1n) is 8.34. The van der Waals surface area contributed by atoms with Crippen LogP contribution >= 0.6 is 15.9 Å². The van der Waals surface area contributed by atoms with E-state index in [-0.39, 0.29) is 6.04 Å². The average molecular weight is 359 g/mol. The van der Waals surface area contributed by atoms with Crippen molar-refractivity contribution in [1.82, 2.24) is 15.2 Å². The highest BCUT2D eigenvalue weighted by atomic mass is 79.9. The molecule has 0 spiro atoms. The van der Waals surface area contributed by atoms with Crippen molar-refractivity contribution in [1.29, 1.82) is 0 Å². The molecule has 1 unspecified atom stereocenters. The number of nitrogens with zero attached hydrogens (tertiary/aromatic N) is 2. The Morgan fingerprint density at radius 1 is 1.14 bits per heavy atom. The summed E-state index contributed by atoms with van der Waals surface area (Å²) in [6, 6.07) is 0.177. The second-order valence-corrected chi connectivity index (χ2v) is 6.69. The number of nitrogens with one attached hydrogen (secondary N) is 1. The molecule has 1 heterocycles. The first kappa shape index (κ1) is 18.7. The van der Waals surface area contributed by atoms with E-state index in [9.17, 15) is 0 Å². The van der Waals surface area contributed by atoms with Crippen LogP contribution in [0.3, 0.4) is 0 Å². The maximum Gasteiger partial charge on any atom is 0.0705 e. The normalized spacial score (nSPS) is 12.8. The molecule has 0 saturated carbocycles. The third-order valence-corrected chi connectivity index (χ3v) is 4.68. The zero-order valence-electron chi connectivity index (χ0n) is 13.6. The second-order valence-electron chi connectivity index (χ2n) is 5.84. The number of nitrogens with two attached hydrogens (primary N) is 1. The van der Waals surface area contributed by atoms with E-state index in [0.717, 1.165) is 16.6 Å². The first-order chi connectivity index (χ1) is 10.2. The fourth-order valence-electron chi connectivity index (χ4n) is 2.77. The first-order valence-corrected chi connectivity index (χ1v) is 9.13. The molecule has 0 aliphatic rings. The van der Waals surface area contributed by atoms with Crippen LogP contribution in [0.5, 0.6) is 0 Å². The van der Waals surface area contributed by atoms with Crippen LogP contribution in [0.1, 0.15) is 82.9 Å². The molecule has 21 heavy (non-hydrogen) atoms. The van der Waals surface area contributed by atoms with E-state index in [1.54, 1.807) is 0 Å². The number of unbranched alkanes of at least 4 members (excludes halogenated alkanes) is 8. The van der Waals surface area contributed by atoms with Crippen LogP contribution in [0, 0.1) is 0 Å². The van der Waals surface area contributed by atoms with Gasteiger partial charge in [-0.05, 0) is 22.4 Å². The van der Waals surface area contributed by atoms with Crippen LogP contribution in [-0.4, -0.2) is 9.78 Å². The van der Waals surface area contributed by atoms with Crippen molar-refractivity contribution in [3.8, 4) is 0 Å². The zero-order chi connectivity index (χ0) is 15.5. The van der Waals surface area contributed by atoms with Gasteiger partial charge in [0.15, 0.2) is 0 Å². The van der Waals surface area contributed by atoms with Gasteiger partial charge in [-0.15, -0.1) is 0 Å². The third kappa shape index (κ3) is 6.94. The number of aryl methyl sites for hydroxylation is 1. The van der Waals surface area contributed by atoms with Gasteiger partial charge in [0.2, 0.25) is 0 Å². The molecule has 0 fully saturated rings. The number of halogens is 1. The molecule has 0 radical (unpaired) electrons. The molecule has 0 saturated heterocycles. The maximum atomic E-state index is 5.70. The van der Waals surface area contributed by atoms with Crippen LogP contribution in [0.25, 0.3) is 0 Å². The van der Waals surface area contributed by atoms with Crippen molar-refractivity contribution in [3.05, 3.63) is 16.4 Å². The van der Waals surface area contributed by atoms with Crippen molar-refractivity contribution < 1.29 is 0 Å². The molecule has 1 aromatic heterocycles. The maximum absolute atomic E-state index is 5.70. The molecule has 0 aliphatic heterocycles. The zero-order valence-corrected chi connectivity index (χ0v) is 15.2. The minimum absolute atomic E-state index is 0.177. The standard InChI is InChI=1S/C16H31BrN4/c1-3-4-5-6-7-8-9-10-11-12-15(20-18)16-14(17)13-19-21(16)2/h13,15,20H,3-12,18H2,1-2H3. The van der Waals surface area contributed by atoms with Gasteiger partial charge in [-0.1, -0.05) is 64.7 Å². The largest absolute Gasteiger partial charge is 0.271 e. The van der Waals surface area contributed by atoms with Crippen LogP contribution in [-0.2, 0) is 7.05 Å². The van der Waals surface area contributed by atoms with Gasteiger partial charge in [-0.2, -0.15) is 5.10 Å². The number of aromatic nitrogens is 2. The molecule has 1 aromatic rings. The van der Waals surface area contributed by atoms with E-state index in [2.05, 4.69) is 33.4 Å². The quantitative estimate of drug-likeness (QED) is 0.326. The minimum Gasteiger partial charge on any atom is -0.271 e. The van der Waals surface area contributed by atoms with Crippen LogP contribution in [0.15, 0.2) is 10.7 Å². The predicted molar refractivity (Wildman–Crippen MR) is 92.8 cm³/mol. The van der Waals surface area contributed by atoms with Gasteiger partial charge in [0, 0.05) is 7.05 Å². The van der Waals surface area contributed by atoms with Gasteiger partial charge in [0.1, 0.15) is 0 Å². The van der Waals surface area contributed by atoms with Gasteiger partial charge < -0.3 is 0 Å². The van der Waals surface area contributed by atoms with Gasteiger partial charge in [-0.3, -0.25) is 16.0 Å². The summed E-state index contributed by atoms with van der Waals surface area (Å²) in [7, 11) is 1.96. The smallest absolute Gasteiger partial charge is 0.0705 e. The molecule has 5 heteroatoms. The molecule has 122 valence electrons. The summed E-state index contributed by atoms with van der Waals surface area (Å²) in [5, 5.41) is 4.25. The Balaban J connectivity index is 2.13. The fourth-order valence-corrected chi connectivity index (χ4v) is 3.39. The number of hydrogen-bond donors (Lipinski definition) is 2. The molecule has 4 nitrogen and oxygen atoms in total. The Hall–Kier alpha value is -0.390. The highest BCUT2D eigenvalue weighted by Crippen LogP contribution is 2.26. The van der Waals surface area contributed by atoms with Gasteiger partial charge in [0.25, 0.3) is 0 Å². The Labute approximate surface area is 138 Å². The summed E-state index contributed by atoms with van der Waals surface area (Å²) in [5.41, 5.74) is 4.06. The van der Waals surface area contributed by atoms with Gasteiger partial charge in [0.05, 0.1) is 22.4 Å². The van der Waals surface area contributed by atoms with Crippen molar-refractivity contribution in [3.63, 3.8) is 0 Å². The Morgan fingerprint density at radius 2 is 1.71 bits per heavy atom.